The highest BCUT2D eigenvalue weighted by Crippen LogP contribution is 2.41. The number of H-pyrrole nitrogens is 1. The number of amides is 2. The summed E-state index contributed by atoms with van der Waals surface area (Å²) in [7, 11) is 2.21. The fourth-order valence-corrected chi connectivity index (χ4v) is 7.16. The Hall–Kier alpha value is -3.20. The molecular weight excluding hydrogens is 458 g/mol. The van der Waals surface area contributed by atoms with Gasteiger partial charge in [0.15, 0.2) is 0 Å². The molecule has 4 aromatic rings. The number of aromatic nitrogens is 2. The highest BCUT2D eigenvalue weighted by Gasteiger charge is 2.37. The van der Waals surface area contributed by atoms with Crippen molar-refractivity contribution in [2.45, 2.75) is 24.9 Å². The molecule has 0 saturated carbocycles. The van der Waals surface area contributed by atoms with E-state index in [1.807, 2.05) is 23.7 Å². The van der Waals surface area contributed by atoms with Crippen molar-refractivity contribution in [3.63, 3.8) is 0 Å². The fraction of sp³-hybridized carbons (Fsp3) is 0.333. The number of fused-ring (bicyclic) bond motifs is 3. The van der Waals surface area contributed by atoms with E-state index in [4.69, 9.17) is 0 Å². The molecule has 178 valence electrons. The minimum Gasteiger partial charge on any atom is -0.360 e. The molecule has 3 aromatic heterocycles. The Morgan fingerprint density at radius 1 is 0.971 bits per heavy atom. The Morgan fingerprint density at radius 3 is 2.69 bits per heavy atom. The summed E-state index contributed by atoms with van der Waals surface area (Å²) >= 11 is 1.58. The first kappa shape index (κ1) is 21.1. The molecular formula is C27H27N5O2S. The van der Waals surface area contributed by atoms with E-state index in [1.165, 1.54) is 0 Å². The molecule has 0 aliphatic carbocycles. The number of nitrogens with one attached hydrogen (secondary N) is 2. The van der Waals surface area contributed by atoms with Crippen LogP contribution in [0.4, 0.5) is 0 Å². The number of benzene rings is 1. The molecule has 0 bridgehead atoms. The van der Waals surface area contributed by atoms with Crippen molar-refractivity contribution in [3.05, 3.63) is 59.2 Å². The summed E-state index contributed by atoms with van der Waals surface area (Å²) in [5, 5.41) is 5.59. The largest absolute Gasteiger partial charge is 0.360 e. The average Bonchev–Trinajstić information content (AvgIpc) is 3.61. The normalized spacial score (nSPS) is 24.0. The standard InChI is InChI=1S/C27H27N5O2S/c1-30-9-10-31-8-6-16(12-17(31)14-30)32-15-20(18-4-2-3-5-22(18)32)24-23(26(33)29-27(24)34)19-13-28-21-7-11-35-25(19)21/h2-5,7,11,13,15-17,28H,6,8-10,12,14H2,1H3,(H,29,33,34). The lowest BCUT2D eigenvalue weighted by Gasteiger charge is -2.45. The van der Waals surface area contributed by atoms with Crippen molar-refractivity contribution < 1.29 is 9.59 Å². The lowest BCUT2D eigenvalue weighted by atomic mass is 9.95. The van der Waals surface area contributed by atoms with Crippen molar-refractivity contribution in [2.24, 2.45) is 0 Å². The molecule has 2 N–H and O–H groups in total. The fourth-order valence-electron chi connectivity index (χ4n) is 6.27. The van der Waals surface area contributed by atoms with Crippen LogP contribution in [0.25, 0.3) is 32.3 Å². The van der Waals surface area contributed by atoms with Gasteiger partial charge >= 0.3 is 0 Å². The van der Waals surface area contributed by atoms with Crippen LogP contribution in [0.5, 0.6) is 0 Å². The van der Waals surface area contributed by atoms with E-state index in [1.54, 1.807) is 11.3 Å². The third-order valence-electron chi connectivity index (χ3n) is 7.99. The molecule has 3 aliphatic rings. The second kappa shape index (κ2) is 7.91. The number of rotatable bonds is 3. The molecule has 35 heavy (non-hydrogen) atoms. The molecule has 6 heterocycles. The predicted molar refractivity (Wildman–Crippen MR) is 139 cm³/mol. The number of hydrogen-bond donors (Lipinski definition) is 2. The third kappa shape index (κ3) is 3.24. The van der Waals surface area contributed by atoms with Crippen LogP contribution in [0.1, 0.15) is 30.0 Å². The lowest BCUT2D eigenvalue weighted by molar-refractivity contribution is -0.122. The van der Waals surface area contributed by atoms with E-state index in [9.17, 15) is 9.59 Å². The zero-order valence-corrected chi connectivity index (χ0v) is 20.4. The minimum atomic E-state index is -0.324. The van der Waals surface area contributed by atoms with Crippen LogP contribution in [0.15, 0.2) is 48.1 Å². The van der Waals surface area contributed by atoms with Gasteiger partial charge in [-0.1, -0.05) is 18.2 Å². The van der Waals surface area contributed by atoms with E-state index < -0.39 is 0 Å². The van der Waals surface area contributed by atoms with Crippen molar-refractivity contribution in [1.29, 1.82) is 0 Å². The third-order valence-corrected chi connectivity index (χ3v) is 8.93. The van der Waals surface area contributed by atoms with Gasteiger partial charge in [-0.15, -0.1) is 11.3 Å². The average molecular weight is 486 g/mol. The first-order chi connectivity index (χ1) is 17.1. The van der Waals surface area contributed by atoms with Crippen LogP contribution in [-0.2, 0) is 9.59 Å². The second-order valence-corrected chi connectivity index (χ2v) is 10.9. The van der Waals surface area contributed by atoms with Gasteiger partial charge < -0.3 is 14.5 Å². The molecule has 2 saturated heterocycles. The monoisotopic (exact) mass is 485 g/mol. The maximum absolute atomic E-state index is 13.2. The van der Waals surface area contributed by atoms with Gasteiger partial charge in [0.25, 0.3) is 11.8 Å². The number of para-hydroxylation sites is 1. The van der Waals surface area contributed by atoms with Gasteiger partial charge in [0.05, 0.1) is 21.4 Å². The summed E-state index contributed by atoms with van der Waals surface area (Å²) in [4.78, 5) is 34.6. The Balaban J connectivity index is 1.37. The molecule has 3 aliphatic heterocycles. The highest BCUT2D eigenvalue weighted by atomic mass is 32.1. The molecule has 1 aromatic carbocycles. The molecule has 7 nitrogen and oxygen atoms in total. The number of thiophene rings is 1. The summed E-state index contributed by atoms with van der Waals surface area (Å²) in [6.07, 6.45) is 6.16. The number of piperazine rings is 1. The van der Waals surface area contributed by atoms with E-state index in [2.05, 4.69) is 56.1 Å². The highest BCUT2D eigenvalue weighted by molar-refractivity contribution is 7.17. The Bertz CT molecular complexity index is 1520. The van der Waals surface area contributed by atoms with E-state index in [-0.39, 0.29) is 11.8 Å². The summed E-state index contributed by atoms with van der Waals surface area (Å²) in [6, 6.07) is 11.2. The molecule has 2 unspecified atom stereocenters. The van der Waals surface area contributed by atoms with Crippen molar-refractivity contribution in [3.8, 4) is 0 Å². The zero-order chi connectivity index (χ0) is 23.7. The quantitative estimate of drug-likeness (QED) is 0.434. The molecule has 0 spiro atoms. The van der Waals surface area contributed by atoms with Crippen LogP contribution in [0, 0.1) is 0 Å². The van der Waals surface area contributed by atoms with Gasteiger partial charge in [-0.2, -0.15) is 0 Å². The van der Waals surface area contributed by atoms with Crippen LogP contribution in [-0.4, -0.2) is 70.4 Å². The molecule has 2 fully saturated rings. The summed E-state index contributed by atoms with van der Waals surface area (Å²) in [6.45, 7) is 4.46. The summed E-state index contributed by atoms with van der Waals surface area (Å²) < 4.78 is 3.37. The Morgan fingerprint density at radius 2 is 1.80 bits per heavy atom. The van der Waals surface area contributed by atoms with Crippen LogP contribution in [0.3, 0.4) is 0 Å². The molecule has 8 heteroatoms. The second-order valence-electron chi connectivity index (χ2n) is 10.00. The van der Waals surface area contributed by atoms with Crippen LogP contribution >= 0.6 is 11.3 Å². The van der Waals surface area contributed by atoms with Gasteiger partial charge in [-0.05, 0) is 37.4 Å². The first-order valence-electron chi connectivity index (χ1n) is 12.3. The lowest BCUT2D eigenvalue weighted by Crippen LogP contribution is -2.55. The van der Waals surface area contributed by atoms with Crippen LogP contribution in [0.2, 0.25) is 0 Å². The number of aromatic amines is 1. The molecule has 0 radical (unpaired) electrons. The Labute approximate surface area is 207 Å². The number of likely N-dealkylation sites (N-methyl/N-ethyl adjacent to an activating group) is 1. The summed E-state index contributed by atoms with van der Waals surface area (Å²) in [5.41, 5.74) is 4.69. The predicted octanol–water partition coefficient (Wildman–Crippen LogP) is 3.70. The Kier molecular flexibility index (Phi) is 4.77. The van der Waals surface area contributed by atoms with Crippen molar-refractivity contribution in [2.75, 3.05) is 33.2 Å². The maximum atomic E-state index is 13.2. The molecule has 7 rings (SSSR count). The van der Waals surface area contributed by atoms with E-state index in [0.717, 1.165) is 71.3 Å². The molecule has 2 amide bonds. The van der Waals surface area contributed by atoms with Crippen molar-refractivity contribution in [1.82, 2.24) is 24.7 Å². The van der Waals surface area contributed by atoms with E-state index in [0.29, 0.717) is 23.2 Å². The van der Waals surface area contributed by atoms with E-state index >= 15 is 0 Å². The SMILES string of the molecule is CN1CCN2CCC(n3cc(C4=C(c5c[nH]c6ccsc56)C(=O)NC4=O)c4ccccc43)CC2C1. The summed E-state index contributed by atoms with van der Waals surface area (Å²) in [5.74, 6) is -0.641. The molecule has 2 atom stereocenters. The maximum Gasteiger partial charge on any atom is 0.259 e. The van der Waals surface area contributed by atoms with Gasteiger partial charge in [0.2, 0.25) is 0 Å². The first-order valence-corrected chi connectivity index (χ1v) is 13.1. The number of nitrogens with zero attached hydrogens (tertiary/aromatic N) is 3. The number of carbonyl (C=O) groups excluding carboxylic acids is 2. The number of imide groups is 1. The number of piperidine rings is 1. The smallest absolute Gasteiger partial charge is 0.259 e. The van der Waals surface area contributed by atoms with Gasteiger partial charge in [-0.3, -0.25) is 19.8 Å². The van der Waals surface area contributed by atoms with Gasteiger partial charge in [0, 0.05) is 72.7 Å². The van der Waals surface area contributed by atoms with Crippen molar-refractivity contribution >= 4 is 55.4 Å². The van der Waals surface area contributed by atoms with Gasteiger partial charge in [-0.25, -0.2) is 0 Å². The number of hydrogen-bond acceptors (Lipinski definition) is 5. The zero-order valence-electron chi connectivity index (χ0n) is 19.6. The topological polar surface area (TPSA) is 73.4 Å². The number of carbonyl (C=O) groups is 2. The van der Waals surface area contributed by atoms with Crippen LogP contribution < -0.4 is 5.32 Å². The minimum absolute atomic E-state index is 0.317. The van der Waals surface area contributed by atoms with Gasteiger partial charge in [0.1, 0.15) is 0 Å².